The van der Waals surface area contributed by atoms with E-state index in [1.807, 2.05) is 37.3 Å². The van der Waals surface area contributed by atoms with Gasteiger partial charge in [0.1, 0.15) is 11.5 Å². The van der Waals surface area contributed by atoms with E-state index in [0.717, 1.165) is 15.6 Å². The van der Waals surface area contributed by atoms with Gasteiger partial charge in [0.15, 0.2) is 6.10 Å². The molecular weight excluding hydrogens is 396 g/mol. The van der Waals surface area contributed by atoms with E-state index < -0.39 is 12.0 Å². The first kappa shape index (κ1) is 18.1. The largest absolute Gasteiger partial charge is 0.455 e. The number of aryl methyl sites for hydroxylation is 1. The van der Waals surface area contributed by atoms with Crippen LogP contribution in [0.25, 0.3) is 11.3 Å². The molecule has 0 fully saturated rings. The smallest absolute Gasteiger partial charge is 0.273 e. The minimum Gasteiger partial charge on any atom is -0.455 e. The van der Waals surface area contributed by atoms with Crippen LogP contribution in [-0.4, -0.2) is 17.2 Å². The third-order valence-corrected chi connectivity index (χ3v) is 4.67. The number of carbonyl (C=O) groups excluding carboxylic acids is 1. The summed E-state index contributed by atoms with van der Waals surface area (Å²) < 4.78 is 6.71. The van der Waals surface area contributed by atoms with Gasteiger partial charge in [0.2, 0.25) is 0 Å². The van der Waals surface area contributed by atoms with E-state index in [1.165, 1.54) is 6.21 Å². The Balaban J connectivity index is 1.63. The predicted octanol–water partition coefficient (Wildman–Crippen LogP) is 4.20. The summed E-state index contributed by atoms with van der Waals surface area (Å²) in [5, 5.41) is 13.8. The van der Waals surface area contributed by atoms with Gasteiger partial charge in [0, 0.05) is 10.0 Å². The minimum absolute atomic E-state index is 0.492. The number of aliphatic hydroxyl groups excluding tert-OH is 1. The van der Waals surface area contributed by atoms with Crippen molar-refractivity contribution in [3.63, 3.8) is 0 Å². The van der Waals surface area contributed by atoms with Gasteiger partial charge in [0.05, 0.1) is 6.21 Å². The maximum absolute atomic E-state index is 11.9. The summed E-state index contributed by atoms with van der Waals surface area (Å²) >= 11 is 3.50. The molecule has 0 saturated heterocycles. The van der Waals surface area contributed by atoms with Crippen molar-refractivity contribution in [2.75, 3.05) is 0 Å². The monoisotopic (exact) mass is 412 g/mol. The number of furan rings is 1. The lowest BCUT2D eigenvalue weighted by atomic mass is 10.1. The maximum atomic E-state index is 11.9. The highest BCUT2D eigenvalue weighted by atomic mass is 79.9. The summed E-state index contributed by atoms with van der Waals surface area (Å²) in [6.07, 6.45) is 0.118. The molecule has 0 unspecified atom stereocenters. The van der Waals surface area contributed by atoms with Crippen LogP contribution in [0.2, 0.25) is 0 Å². The van der Waals surface area contributed by atoms with Gasteiger partial charge in [-0.2, -0.15) is 5.10 Å². The second-order valence-electron chi connectivity index (χ2n) is 5.71. The third kappa shape index (κ3) is 4.28. The Morgan fingerprint density at radius 2 is 1.96 bits per heavy atom. The van der Waals surface area contributed by atoms with Gasteiger partial charge >= 0.3 is 0 Å². The first-order chi connectivity index (χ1) is 12.5. The van der Waals surface area contributed by atoms with Crippen molar-refractivity contribution in [2.24, 2.45) is 5.10 Å². The van der Waals surface area contributed by atoms with E-state index in [-0.39, 0.29) is 0 Å². The Morgan fingerprint density at radius 1 is 1.19 bits per heavy atom. The zero-order valence-electron chi connectivity index (χ0n) is 14.0. The Kier molecular flexibility index (Phi) is 5.65. The highest BCUT2D eigenvalue weighted by Gasteiger charge is 2.16. The average molecular weight is 413 g/mol. The molecule has 3 rings (SSSR count). The molecule has 0 aliphatic carbocycles. The van der Waals surface area contributed by atoms with E-state index in [0.29, 0.717) is 17.1 Å². The number of hydrogen-bond donors (Lipinski definition) is 2. The van der Waals surface area contributed by atoms with Gasteiger partial charge in [-0.3, -0.25) is 4.79 Å². The standard InChI is InChI=1S/C20H17BrN2O3/c1-13-7-8-15(11-17(13)21)18-10-9-16(26-18)12-22-23-20(25)19(24)14-5-3-2-4-6-14/h2-12,19,24H,1H3,(H,23,25)/b22-12-/t19-/m1/s1. The second kappa shape index (κ2) is 8.12. The summed E-state index contributed by atoms with van der Waals surface area (Å²) in [5.41, 5.74) is 4.89. The number of rotatable bonds is 5. The van der Waals surface area contributed by atoms with Crippen molar-refractivity contribution in [2.45, 2.75) is 13.0 Å². The summed E-state index contributed by atoms with van der Waals surface area (Å²) in [7, 11) is 0. The normalized spacial score (nSPS) is 12.3. The highest BCUT2D eigenvalue weighted by Crippen LogP contribution is 2.26. The van der Waals surface area contributed by atoms with Crippen LogP contribution in [0.3, 0.4) is 0 Å². The van der Waals surface area contributed by atoms with E-state index in [9.17, 15) is 9.90 Å². The van der Waals surface area contributed by atoms with Crippen LogP contribution in [-0.2, 0) is 4.79 Å². The molecule has 5 nitrogen and oxygen atoms in total. The van der Waals surface area contributed by atoms with Crippen LogP contribution in [0.5, 0.6) is 0 Å². The van der Waals surface area contributed by atoms with E-state index >= 15 is 0 Å². The number of amides is 1. The summed E-state index contributed by atoms with van der Waals surface area (Å²) in [5.74, 6) is 0.579. The van der Waals surface area contributed by atoms with Crippen molar-refractivity contribution in [3.8, 4) is 11.3 Å². The fraction of sp³-hybridized carbons (Fsp3) is 0.100. The van der Waals surface area contributed by atoms with Crippen LogP contribution in [0, 0.1) is 6.92 Å². The molecule has 6 heteroatoms. The van der Waals surface area contributed by atoms with Crippen molar-refractivity contribution in [3.05, 3.63) is 82.0 Å². The molecule has 1 aromatic heterocycles. The quantitative estimate of drug-likeness (QED) is 0.486. The van der Waals surface area contributed by atoms with Crippen molar-refractivity contribution in [1.29, 1.82) is 0 Å². The average Bonchev–Trinajstić information content (AvgIpc) is 3.13. The van der Waals surface area contributed by atoms with Crippen LogP contribution in [0.4, 0.5) is 0 Å². The molecule has 0 bridgehead atoms. The lowest BCUT2D eigenvalue weighted by molar-refractivity contribution is -0.129. The molecule has 2 N–H and O–H groups in total. The number of hydrazone groups is 1. The minimum atomic E-state index is -1.27. The Labute approximate surface area is 159 Å². The Bertz CT molecular complexity index is 935. The molecule has 26 heavy (non-hydrogen) atoms. The molecular formula is C20H17BrN2O3. The predicted molar refractivity (Wildman–Crippen MR) is 104 cm³/mol. The van der Waals surface area contributed by atoms with Crippen molar-refractivity contribution in [1.82, 2.24) is 5.43 Å². The van der Waals surface area contributed by atoms with E-state index in [2.05, 4.69) is 26.5 Å². The van der Waals surface area contributed by atoms with E-state index in [1.54, 1.807) is 30.3 Å². The van der Waals surface area contributed by atoms with Crippen LogP contribution in [0.1, 0.15) is 23.0 Å². The maximum Gasteiger partial charge on any atom is 0.273 e. The van der Waals surface area contributed by atoms with Crippen LogP contribution in [0.15, 0.2) is 74.7 Å². The van der Waals surface area contributed by atoms with Gasteiger partial charge in [-0.15, -0.1) is 0 Å². The molecule has 0 radical (unpaired) electrons. The molecule has 1 amide bonds. The molecule has 2 aromatic carbocycles. The summed E-state index contributed by atoms with van der Waals surface area (Å²) in [6.45, 7) is 2.01. The van der Waals surface area contributed by atoms with Gasteiger partial charge in [-0.1, -0.05) is 58.4 Å². The second-order valence-corrected chi connectivity index (χ2v) is 6.57. The molecule has 3 aromatic rings. The van der Waals surface area contributed by atoms with Crippen LogP contribution < -0.4 is 5.43 Å². The zero-order chi connectivity index (χ0) is 18.5. The molecule has 1 atom stereocenters. The molecule has 132 valence electrons. The van der Waals surface area contributed by atoms with Gasteiger partial charge in [0.25, 0.3) is 5.91 Å². The first-order valence-electron chi connectivity index (χ1n) is 7.97. The van der Waals surface area contributed by atoms with Crippen LogP contribution >= 0.6 is 15.9 Å². The first-order valence-corrected chi connectivity index (χ1v) is 8.76. The van der Waals surface area contributed by atoms with E-state index in [4.69, 9.17) is 4.42 Å². The fourth-order valence-corrected chi connectivity index (χ4v) is 2.71. The third-order valence-electron chi connectivity index (χ3n) is 3.81. The SMILES string of the molecule is Cc1ccc(-c2ccc(/C=N\NC(=O)[C@H](O)c3ccccc3)o2)cc1Br. The highest BCUT2D eigenvalue weighted by molar-refractivity contribution is 9.10. The number of hydrogen-bond acceptors (Lipinski definition) is 4. The van der Waals surface area contributed by atoms with Gasteiger partial charge in [-0.05, 0) is 36.2 Å². The number of nitrogens with zero attached hydrogens (tertiary/aromatic N) is 1. The number of benzene rings is 2. The number of aliphatic hydroxyl groups is 1. The lowest BCUT2D eigenvalue weighted by Crippen LogP contribution is -2.25. The molecule has 0 spiro atoms. The molecule has 0 saturated carbocycles. The number of carbonyl (C=O) groups is 1. The van der Waals surface area contributed by atoms with Crippen molar-refractivity contribution >= 4 is 28.1 Å². The molecule has 0 aliphatic rings. The number of halogens is 1. The summed E-state index contributed by atoms with van der Waals surface area (Å²) in [6, 6.07) is 18.2. The Morgan fingerprint density at radius 3 is 2.69 bits per heavy atom. The molecule has 0 aliphatic heterocycles. The summed E-state index contributed by atoms with van der Waals surface area (Å²) in [4.78, 5) is 11.9. The lowest BCUT2D eigenvalue weighted by Gasteiger charge is -2.08. The fourth-order valence-electron chi connectivity index (χ4n) is 2.33. The number of nitrogens with one attached hydrogen (secondary N) is 1. The van der Waals surface area contributed by atoms with Crippen molar-refractivity contribution < 1.29 is 14.3 Å². The Hall–Kier alpha value is -2.70. The molecule has 1 heterocycles. The topological polar surface area (TPSA) is 74.8 Å². The van der Waals surface area contributed by atoms with Gasteiger partial charge < -0.3 is 9.52 Å². The zero-order valence-corrected chi connectivity index (χ0v) is 15.6. The van der Waals surface area contributed by atoms with Gasteiger partial charge in [-0.25, -0.2) is 5.43 Å².